The van der Waals surface area contributed by atoms with Crippen molar-refractivity contribution in [1.29, 1.82) is 0 Å². The maximum Gasteiger partial charge on any atom is 0.317 e. The van der Waals surface area contributed by atoms with Crippen molar-refractivity contribution in [3.05, 3.63) is 24.2 Å². The molecule has 142 valence electrons. The van der Waals surface area contributed by atoms with Crippen LogP contribution >= 0.6 is 0 Å². The summed E-state index contributed by atoms with van der Waals surface area (Å²) in [5, 5.41) is 6.63. The Hall–Kier alpha value is -3.03. The fourth-order valence-electron chi connectivity index (χ4n) is 2.38. The van der Waals surface area contributed by atoms with Crippen LogP contribution in [0.2, 0.25) is 0 Å². The fourth-order valence-corrected chi connectivity index (χ4v) is 2.38. The zero-order valence-corrected chi connectivity index (χ0v) is 16.3. The van der Waals surface area contributed by atoms with Crippen molar-refractivity contribution in [3.63, 3.8) is 0 Å². The Morgan fingerprint density at radius 1 is 1.04 bits per heavy atom. The number of ketones is 1. The Morgan fingerprint density at radius 3 is 2.37 bits per heavy atom. The van der Waals surface area contributed by atoms with Crippen molar-refractivity contribution in [3.8, 4) is 17.1 Å². The maximum atomic E-state index is 12.7. The summed E-state index contributed by atoms with van der Waals surface area (Å²) >= 11 is 0. The van der Waals surface area contributed by atoms with E-state index in [9.17, 15) is 9.59 Å². The predicted octanol–water partition coefficient (Wildman–Crippen LogP) is 3.53. The average Bonchev–Trinajstić information content (AvgIpc) is 3.18. The van der Waals surface area contributed by atoms with E-state index in [-0.39, 0.29) is 11.7 Å². The molecule has 0 aliphatic heterocycles. The van der Waals surface area contributed by atoms with Gasteiger partial charge in [-0.25, -0.2) is 15.1 Å². The molecule has 0 fully saturated rings. The summed E-state index contributed by atoms with van der Waals surface area (Å²) in [5.41, 5.74) is 1.21. The van der Waals surface area contributed by atoms with Gasteiger partial charge in [0, 0.05) is 11.6 Å². The van der Waals surface area contributed by atoms with E-state index in [1.165, 1.54) is 6.20 Å². The zero-order valence-electron chi connectivity index (χ0n) is 16.3. The molecule has 0 saturated heterocycles. The van der Waals surface area contributed by atoms with Gasteiger partial charge in [-0.1, -0.05) is 20.8 Å². The molecule has 3 heterocycles. The molecule has 27 heavy (non-hydrogen) atoms. The molecule has 0 radical (unpaired) electrons. The molecule has 0 bridgehead atoms. The first-order valence-corrected chi connectivity index (χ1v) is 8.63. The molecule has 0 amide bonds. The van der Waals surface area contributed by atoms with Gasteiger partial charge in [0.25, 0.3) is 0 Å². The van der Waals surface area contributed by atoms with Gasteiger partial charge in [0.15, 0.2) is 11.4 Å². The third-order valence-electron chi connectivity index (χ3n) is 3.99. The second-order valence-corrected chi connectivity index (χ2v) is 8.49. The van der Waals surface area contributed by atoms with Crippen LogP contribution in [0, 0.1) is 10.8 Å². The van der Waals surface area contributed by atoms with Crippen LogP contribution in [0.3, 0.4) is 0 Å². The van der Waals surface area contributed by atoms with Crippen LogP contribution in [-0.2, 0) is 4.79 Å². The van der Waals surface area contributed by atoms with Crippen LogP contribution in [0.4, 0.5) is 0 Å². The van der Waals surface area contributed by atoms with Gasteiger partial charge in [-0.2, -0.15) is 5.10 Å². The molecule has 0 saturated carbocycles. The molecule has 0 aliphatic carbocycles. The predicted molar refractivity (Wildman–Crippen MR) is 100 cm³/mol. The molecule has 0 aromatic carbocycles. The molecular weight excluding hydrogens is 346 g/mol. The first-order chi connectivity index (χ1) is 12.5. The normalized spacial score (nSPS) is 12.4. The summed E-state index contributed by atoms with van der Waals surface area (Å²) in [6, 6.07) is 0. The number of carbonyl (C=O) groups is 2. The summed E-state index contributed by atoms with van der Waals surface area (Å²) < 4.78 is 5.43. The van der Waals surface area contributed by atoms with Gasteiger partial charge in [0.2, 0.25) is 5.88 Å². The Bertz CT molecular complexity index is 1020. The van der Waals surface area contributed by atoms with Gasteiger partial charge >= 0.3 is 5.97 Å². The molecule has 0 unspecified atom stereocenters. The van der Waals surface area contributed by atoms with E-state index in [1.54, 1.807) is 33.2 Å². The van der Waals surface area contributed by atoms with E-state index in [0.717, 1.165) is 0 Å². The third kappa shape index (κ3) is 3.60. The van der Waals surface area contributed by atoms with Crippen LogP contribution < -0.4 is 4.74 Å². The van der Waals surface area contributed by atoms with Crippen molar-refractivity contribution in [2.24, 2.45) is 10.8 Å². The maximum absolute atomic E-state index is 12.7. The average molecular weight is 369 g/mol. The zero-order chi connectivity index (χ0) is 20.0. The summed E-state index contributed by atoms with van der Waals surface area (Å²) in [4.78, 5) is 36.8. The van der Waals surface area contributed by atoms with Crippen LogP contribution in [0.15, 0.2) is 18.6 Å². The molecule has 3 aromatic heterocycles. The number of Topliss-reactive ketones (excluding diaryl/α,β-unsaturated/α-hetero) is 1. The summed E-state index contributed by atoms with van der Waals surface area (Å²) in [6.45, 7) is 10.9. The topological polar surface area (TPSA) is 114 Å². The second-order valence-electron chi connectivity index (χ2n) is 8.49. The minimum Gasteiger partial charge on any atom is -0.407 e. The number of nitrogens with one attached hydrogen (secondary N) is 2. The van der Waals surface area contributed by atoms with Crippen molar-refractivity contribution in [2.45, 2.75) is 41.5 Å². The van der Waals surface area contributed by atoms with E-state index in [4.69, 9.17) is 4.74 Å². The monoisotopic (exact) mass is 369 g/mol. The standard InChI is InChI=1S/C19H23N5O3/c1-18(2,3)14(25)11-7-20-15-13(11)23-12(9-21-15)10-8-22-24-16(10)27-17(26)19(4,5)6/h7-9H,1-6H3,(H,20,21)(H,22,24). The van der Waals surface area contributed by atoms with Crippen LogP contribution in [0.5, 0.6) is 5.88 Å². The van der Waals surface area contributed by atoms with Gasteiger partial charge in [-0.3, -0.25) is 9.59 Å². The smallest absolute Gasteiger partial charge is 0.317 e. The lowest BCUT2D eigenvalue weighted by molar-refractivity contribution is -0.143. The molecule has 3 rings (SSSR count). The van der Waals surface area contributed by atoms with Crippen molar-refractivity contribution < 1.29 is 14.3 Å². The molecule has 2 N–H and O–H groups in total. The number of hydrogen-bond donors (Lipinski definition) is 2. The van der Waals surface area contributed by atoms with E-state index in [1.807, 2.05) is 20.8 Å². The summed E-state index contributed by atoms with van der Waals surface area (Å²) in [5.74, 6) is -0.234. The van der Waals surface area contributed by atoms with Crippen LogP contribution in [-0.4, -0.2) is 36.9 Å². The number of aromatic amines is 2. The van der Waals surface area contributed by atoms with Gasteiger partial charge in [0.05, 0.1) is 34.6 Å². The minimum absolute atomic E-state index is 0.0354. The van der Waals surface area contributed by atoms with E-state index in [0.29, 0.717) is 28.0 Å². The third-order valence-corrected chi connectivity index (χ3v) is 3.99. The molecule has 3 aromatic rings. The van der Waals surface area contributed by atoms with E-state index >= 15 is 0 Å². The van der Waals surface area contributed by atoms with E-state index in [2.05, 4.69) is 25.1 Å². The second kappa shape index (κ2) is 6.29. The highest BCUT2D eigenvalue weighted by Gasteiger charge is 2.28. The number of H-pyrrole nitrogens is 2. The van der Waals surface area contributed by atoms with Gasteiger partial charge in [0.1, 0.15) is 5.52 Å². The molecule has 0 spiro atoms. The van der Waals surface area contributed by atoms with Crippen molar-refractivity contribution >= 4 is 22.9 Å². The number of hydrogen-bond acceptors (Lipinski definition) is 6. The lowest BCUT2D eigenvalue weighted by Gasteiger charge is -2.16. The molecule has 8 heteroatoms. The Morgan fingerprint density at radius 2 is 1.74 bits per heavy atom. The Balaban J connectivity index is 2.03. The van der Waals surface area contributed by atoms with Crippen molar-refractivity contribution in [2.75, 3.05) is 0 Å². The first-order valence-electron chi connectivity index (χ1n) is 8.63. The molecule has 8 nitrogen and oxygen atoms in total. The van der Waals surface area contributed by atoms with Crippen molar-refractivity contribution in [1.82, 2.24) is 25.1 Å². The lowest BCUT2D eigenvalue weighted by Crippen LogP contribution is -2.25. The Labute approximate surface area is 156 Å². The van der Waals surface area contributed by atoms with Gasteiger partial charge < -0.3 is 9.72 Å². The number of nitrogens with zero attached hydrogens (tertiary/aromatic N) is 3. The highest BCUT2D eigenvalue weighted by Crippen LogP contribution is 2.30. The fraction of sp³-hybridized carbons (Fsp3) is 0.421. The van der Waals surface area contributed by atoms with Gasteiger partial charge in [-0.05, 0) is 20.8 Å². The van der Waals surface area contributed by atoms with E-state index < -0.39 is 16.8 Å². The number of fused-ring (bicyclic) bond motifs is 1. The number of carbonyl (C=O) groups excluding carboxylic acids is 2. The number of esters is 1. The molecule has 0 aliphatic rings. The lowest BCUT2D eigenvalue weighted by atomic mass is 9.87. The number of rotatable bonds is 3. The van der Waals surface area contributed by atoms with Crippen LogP contribution in [0.1, 0.15) is 51.9 Å². The highest BCUT2D eigenvalue weighted by molar-refractivity contribution is 6.08. The minimum atomic E-state index is -0.662. The highest BCUT2D eigenvalue weighted by atomic mass is 16.5. The number of ether oxygens (including phenoxy) is 1. The SMILES string of the molecule is CC(C)(C)C(=O)Oc1[nH]ncc1-c1cnc2[nH]cc(C(=O)C(C)(C)C)c2n1. The molecule has 0 atom stereocenters. The largest absolute Gasteiger partial charge is 0.407 e. The quantitative estimate of drug-likeness (QED) is 0.539. The Kier molecular flexibility index (Phi) is 4.37. The first kappa shape index (κ1) is 18.8. The number of aromatic nitrogens is 5. The summed E-state index contributed by atoms with van der Waals surface area (Å²) in [7, 11) is 0. The van der Waals surface area contributed by atoms with Crippen LogP contribution in [0.25, 0.3) is 22.4 Å². The molecular formula is C19H23N5O3. The summed E-state index contributed by atoms with van der Waals surface area (Å²) in [6.07, 6.45) is 4.68. The van der Waals surface area contributed by atoms with Gasteiger partial charge in [-0.15, -0.1) is 0 Å².